The monoisotopic (exact) mass is 300 g/mol. The first-order chi connectivity index (χ1) is 11.1. The predicted octanol–water partition coefficient (Wildman–Crippen LogP) is 1.16. The fourth-order valence-corrected chi connectivity index (χ4v) is 1.94. The molecule has 0 aliphatic rings. The van der Waals surface area contributed by atoms with Gasteiger partial charge in [0.05, 0.1) is 12.5 Å². The van der Waals surface area contributed by atoms with E-state index in [1.54, 1.807) is 0 Å². The third-order valence-corrected chi connectivity index (χ3v) is 2.99. The van der Waals surface area contributed by atoms with Crippen LogP contribution >= 0.6 is 0 Å². The number of nitrogens with zero attached hydrogens (tertiary/aromatic N) is 3. The molecule has 112 valence electrons. The van der Waals surface area contributed by atoms with Gasteiger partial charge in [-0.2, -0.15) is 5.10 Å². The van der Waals surface area contributed by atoms with Gasteiger partial charge in [0.15, 0.2) is 0 Å². The smallest absolute Gasteiger partial charge is 0.309 e. The minimum Gasteiger partial charge on any atom is -0.481 e. The van der Waals surface area contributed by atoms with Crippen LogP contribution in [0.15, 0.2) is 30.9 Å². The Bertz CT molecular complexity index is 740. The van der Waals surface area contributed by atoms with E-state index in [4.69, 9.17) is 4.11 Å². The number of halogens is 2. The quantitative estimate of drug-likeness (QED) is 0.865. The molecule has 0 amide bonds. The summed E-state index contributed by atoms with van der Waals surface area (Å²) >= 11 is 0. The van der Waals surface area contributed by atoms with E-state index in [2.05, 4.69) is 10.1 Å². The molecule has 0 fully saturated rings. The Balaban J connectivity index is 2.66. The summed E-state index contributed by atoms with van der Waals surface area (Å²) in [4.78, 5) is 15.1. The largest absolute Gasteiger partial charge is 0.481 e. The maximum atomic E-state index is 14.2. The van der Waals surface area contributed by atoms with Crippen molar-refractivity contribution in [2.75, 3.05) is 0 Å². The van der Waals surface area contributed by atoms with E-state index in [0.29, 0.717) is 6.07 Å². The molecule has 2 rings (SSSR count). The summed E-state index contributed by atoms with van der Waals surface area (Å²) in [7, 11) is 0. The average molecular weight is 300 g/mol. The van der Waals surface area contributed by atoms with Crippen LogP contribution in [-0.4, -0.2) is 30.9 Å². The lowest BCUT2D eigenvalue weighted by Crippen LogP contribution is -2.42. The molecule has 0 aliphatic heterocycles. The highest BCUT2D eigenvalue weighted by Crippen LogP contribution is 2.33. The van der Waals surface area contributed by atoms with Crippen molar-refractivity contribution in [3.63, 3.8) is 0 Å². The first-order valence-electron chi connectivity index (χ1n) is 7.29. The van der Waals surface area contributed by atoms with E-state index in [1.807, 2.05) is 0 Å². The third kappa shape index (κ3) is 2.89. The second-order valence-electron chi connectivity index (χ2n) is 4.41. The normalized spacial score (nSPS) is 18.1. The fraction of sp³-hybridized carbons (Fsp3) is 0.308. The van der Waals surface area contributed by atoms with E-state index >= 15 is 0 Å². The number of rotatable bonds is 5. The molecule has 0 aliphatic carbocycles. The van der Waals surface area contributed by atoms with Gasteiger partial charge >= 0.3 is 5.97 Å². The van der Waals surface area contributed by atoms with Crippen molar-refractivity contribution in [2.45, 2.75) is 19.0 Å². The van der Waals surface area contributed by atoms with Crippen LogP contribution in [0, 0.1) is 17.6 Å². The van der Waals surface area contributed by atoms with Gasteiger partial charge in [-0.25, -0.2) is 18.4 Å². The standard InChI is InChI=1S/C13H13F2N3O3/c1-8(12(19)20)13(21,5-18-7-16-6-17-18)10-3-2-9(14)4-11(10)15/h2-4,6-8,21H,5H2,1H3,(H,19,20)/t8-,13-/m1/s1/i1D3. The van der Waals surface area contributed by atoms with Gasteiger partial charge in [0.2, 0.25) is 0 Å². The minimum absolute atomic E-state index is 0.431. The Morgan fingerprint density at radius 3 is 2.86 bits per heavy atom. The molecule has 0 spiro atoms. The SMILES string of the molecule is [2H]C([2H])([2H])[C@H](C(=O)O)[C@](O)(Cn1cncn1)c1ccc(F)cc1F. The Morgan fingerprint density at radius 2 is 2.33 bits per heavy atom. The van der Waals surface area contributed by atoms with Crippen molar-refractivity contribution >= 4 is 5.97 Å². The average Bonchev–Trinajstić information content (AvgIpc) is 2.88. The summed E-state index contributed by atoms with van der Waals surface area (Å²) in [5, 5.41) is 23.9. The molecule has 1 aromatic carbocycles. The van der Waals surface area contributed by atoms with E-state index in [1.165, 1.54) is 0 Å². The molecule has 1 heterocycles. The number of carboxylic acids is 1. The van der Waals surface area contributed by atoms with Crippen molar-refractivity contribution in [3.05, 3.63) is 48.1 Å². The summed E-state index contributed by atoms with van der Waals surface area (Å²) < 4.78 is 50.5. The summed E-state index contributed by atoms with van der Waals surface area (Å²) in [6, 6.07) is 2.03. The maximum absolute atomic E-state index is 14.2. The van der Waals surface area contributed by atoms with Crippen LogP contribution in [0.2, 0.25) is 0 Å². The zero-order valence-electron chi connectivity index (χ0n) is 13.6. The minimum atomic E-state index is -3.16. The van der Waals surface area contributed by atoms with Crippen molar-refractivity contribution < 1.29 is 27.9 Å². The maximum Gasteiger partial charge on any atom is 0.309 e. The van der Waals surface area contributed by atoms with Crippen LogP contribution in [0.4, 0.5) is 8.78 Å². The van der Waals surface area contributed by atoms with Gasteiger partial charge in [-0.05, 0) is 12.9 Å². The van der Waals surface area contributed by atoms with Crippen LogP contribution < -0.4 is 0 Å². The van der Waals surface area contributed by atoms with Gasteiger partial charge in [0.1, 0.15) is 29.9 Å². The van der Waals surface area contributed by atoms with Gasteiger partial charge < -0.3 is 10.2 Å². The van der Waals surface area contributed by atoms with Crippen LogP contribution in [0.1, 0.15) is 16.5 Å². The molecular formula is C13H13F2N3O3. The van der Waals surface area contributed by atoms with E-state index in [0.717, 1.165) is 29.5 Å². The van der Waals surface area contributed by atoms with Crippen LogP contribution in [0.5, 0.6) is 0 Å². The molecule has 6 nitrogen and oxygen atoms in total. The molecule has 2 aromatic rings. The van der Waals surface area contributed by atoms with Crippen LogP contribution in [0.25, 0.3) is 0 Å². The molecular weight excluding hydrogens is 284 g/mol. The Morgan fingerprint density at radius 1 is 1.57 bits per heavy atom. The van der Waals surface area contributed by atoms with Gasteiger partial charge in [-0.15, -0.1) is 0 Å². The Hall–Kier alpha value is -2.35. The number of aromatic nitrogens is 3. The van der Waals surface area contributed by atoms with Crippen LogP contribution in [-0.2, 0) is 16.9 Å². The fourth-order valence-electron chi connectivity index (χ4n) is 1.94. The topological polar surface area (TPSA) is 88.2 Å². The zero-order chi connectivity index (χ0) is 18.1. The first-order valence-corrected chi connectivity index (χ1v) is 5.79. The number of hydrogen-bond acceptors (Lipinski definition) is 4. The summed E-state index contributed by atoms with van der Waals surface area (Å²) in [6.07, 6.45) is 2.18. The number of carbonyl (C=O) groups is 1. The Labute approximate surface area is 122 Å². The molecule has 8 heteroatoms. The van der Waals surface area contributed by atoms with E-state index < -0.39 is 48.1 Å². The molecule has 0 saturated carbocycles. The molecule has 0 bridgehead atoms. The molecule has 2 atom stereocenters. The Kier molecular flexibility index (Phi) is 3.00. The summed E-state index contributed by atoms with van der Waals surface area (Å²) in [5.74, 6) is -6.47. The highest BCUT2D eigenvalue weighted by atomic mass is 19.1. The number of aliphatic hydroxyl groups is 1. The van der Waals surface area contributed by atoms with E-state index in [9.17, 15) is 23.8 Å². The summed E-state index contributed by atoms with van der Waals surface area (Å²) in [5.41, 5.74) is -3.38. The second kappa shape index (κ2) is 5.57. The van der Waals surface area contributed by atoms with Crippen molar-refractivity contribution in [2.24, 2.45) is 5.92 Å². The second-order valence-corrected chi connectivity index (χ2v) is 4.41. The number of hydrogen-bond donors (Lipinski definition) is 2. The third-order valence-electron chi connectivity index (χ3n) is 2.99. The van der Waals surface area contributed by atoms with Gasteiger partial charge in [-0.1, -0.05) is 6.07 Å². The number of aliphatic carboxylic acids is 1. The predicted molar refractivity (Wildman–Crippen MR) is 67.1 cm³/mol. The lowest BCUT2D eigenvalue weighted by Gasteiger charge is -2.32. The molecule has 0 unspecified atom stereocenters. The van der Waals surface area contributed by atoms with Crippen LogP contribution in [0.3, 0.4) is 0 Å². The molecule has 0 saturated heterocycles. The highest BCUT2D eigenvalue weighted by molar-refractivity contribution is 5.71. The van der Waals surface area contributed by atoms with E-state index in [-0.39, 0.29) is 0 Å². The van der Waals surface area contributed by atoms with Crippen molar-refractivity contribution in [1.82, 2.24) is 14.8 Å². The molecule has 0 radical (unpaired) electrons. The summed E-state index contributed by atoms with van der Waals surface area (Å²) in [6.45, 7) is -3.87. The van der Waals surface area contributed by atoms with Crippen molar-refractivity contribution in [3.8, 4) is 0 Å². The van der Waals surface area contributed by atoms with Crippen molar-refractivity contribution in [1.29, 1.82) is 0 Å². The lowest BCUT2D eigenvalue weighted by molar-refractivity contribution is -0.153. The molecule has 21 heavy (non-hydrogen) atoms. The van der Waals surface area contributed by atoms with Gasteiger partial charge in [0, 0.05) is 15.7 Å². The zero-order valence-corrected chi connectivity index (χ0v) is 10.6. The lowest BCUT2D eigenvalue weighted by atomic mass is 9.81. The first kappa shape index (κ1) is 11.3. The molecule has 1 aromatic heterocycles. The number of carboxylic acid groups (broad SMARTS) is 1. The molecule has 2 N–H and O–H groups in total. The number of benzene rings is 1. The van der Waals surface area contributed by atoms with Gasteiger partial charge in [-0.3, -0.25) is 4.79 Å². The van der Waals surface area contributed by atoms with Gasteiger partial charge in [0.25, 0.3) is 0 Å². The highest BCUT2D eigenvalue weighted by Gasteiger charge is 2.42.